The maximum absolute atomic E-state index is 12.4. The summed E-state index contributed by atoms with van der Waals surface area (Å²) in [7, 11) is 0. The lowest BCUT2D eigenvalue weighted by molar-refractivity contribution is 0.0526. The molecule has 1 aliphatic carbocycles. The SMILES string of the molecule is C=C(C)CNC(=S)Nc1sc2c(c1C(=O)OCC)CC[C@H](C)C2. The lowest BCUT2D eigenvalue weighted by atomic mass is 9.88. The molecule has 1 aliphatic rings. The molecular weight excluding hydrogens is 328 g/mol. The highest BCUT2D eigenvalue weighted by Crippen LogP contribution is 2.40. The number of thiophene rings is 1. The lowest BCUT2D eigenvalue weighted by Crippen LogP contribution is -2.30. The van der Waals surface area contributed by atoms with E-state index in [0.717, 1.165) is 35.4 Å². The molecule has 23 heavy (non-hydrogen) atoms. The highest BCUT2D eigenvalue weighted by atomic mass is 32.1. The first kappa shape index (κ1) is 17.9. The molecule has 0 saturated heterocycles. The highest BCUT2D eigenvalue weighted by Gasteiger charge is 2.28. The summed E-state index contributed by atoms with van der Waals surface area (Å²) in [6.07, 6.45) is 3.04. The largest absolute Gasteiger partial charge is 0.462 e. The van der Waals surface area contributed by atoms with E-state index in [1.54, 1.807) is 11.3 Å². The van der Waals surface area contributed by atoms with Crippen molar-refractivity contribution in [2.75, 3.05) is 18.5 Å². The number of nitrogens with one attached hydrogen (secondary N) is 2. The van der Waals surface area contributed by atoms with Crippen LogP contribution in [-0.2, 0) is 17.6 Å². The third kappa shape index (κ3) is 4.54. The third-order valence-electron chi connectivity index (χ3n) is 3.77. The van der Waals surface area contributed by atoms with Crippen LogP contribution in [0.15, 0.2) is 12.2 Å². The van der Waals surface area contributed by atoms with Gasteiger partial charge in [0.15, 0.2) is 5.11 Å². The lowest BCUT2D eigenvalue weighted by Gasteiger charge is -2.18. The zero-order chi connectivity index (χ0) is 17.0. The first-order valence-corrected chi connectivity index (χ1v) is 9.15. The minimum Gasteiger partial charge on any atom is -0.462 e. The smallest absolute Gasteiger partial charge is 0.341 e. The summed E-state index contributed by atoms with van der Waals surface area (Å²) in [6, 6.07) is 0. The average Bonchev–Trinajstić information content (AvgIpc) is 2.82. The van der Waals surface area contributed by atoms with Crippen LogP contribution in [0.25, 0.3) is 0 Å². The molecule has 0 amide bonds. The Morgan fingerprint density at radius 2 is 2.26 bits per heavy atom. The molecule has 0 spiro atoms. The van der Waals surface area contributed by atoms with Gasteiger partial charge >= 0.3 is 5.97 Å². The van der Waals surface area contributed by atoms with Crippen LogP contribution >= 0.6 is 23.6 Å². The van der Waals surface area contributed by atoms with Crippen LogP contribution in [0.5, 0.6) is 0 Å². The van der Waals surface area contributed by atoms with Gasteiger partial charge in [-0.2, -0.15) is 0 Å². The van der Waals surface area contributed by atoms with Gasteiger partial charge in [0.25, 0.3) is 0 Å². The summed E-state index contributed by atoms with van der Waals surface area (Å²) >= 11 is 6.94. The van der Waals surface area contributed by atoms with Crippen LogP contribution in [0.1, 0.15) is 48.0 Å². The topological polar surface area (TPSA) is 50.4 Å². The Kier molecular flexibility index (Phi) is 6.18. The number of hydrogen-bond donors (Lipinski definition) is 2. The van der Waals surface area contributed by atoms with Crippen molar-refractivity contribution >= 4 is 39.6 Å². The predicted molar refractivity (Wildman–Crippen MR) is 101 cm³/mol. The molecule has 0 aliphatic heterocycles. The average molecular weight is 353 g/mol. The first-order valence-electron chi connectivity index (χ1n) is 7.93. The van der Waals surface area contributed by atoms with Crippen LogP contribution in [0.3, 0.4) is 0 Å². The minimum atomic E-state index is -0.259. The molecule has 0 unspecified atom stereocenters. The molecule has 0 radical (unpaired) electrons. The van der Waals surface area contributed by atoms with E-state index in [1.807, 2.05) is 13.8 Å². The molecule has 0 aromatic carbocycles. The van der Waals surface area contributed by atoms with Gasteiger partial charge in [0, 0.05) is 11.4 Å². The molecule has 0 saturated carbocycles. The van der Waals surface area contributed by atoms with Crippen molar-refractivity contribution in [3.8, 4) is 0 Å². The number of ether oxygens (including phenoxy) is 1. The summed E-state index contributed by atoms with van der Waals surface area (Å²) in [5.74, 6) is 0.391. The fraction of sp³-hybridized carbons (Fsp3) is 0.529. The molecule has 4 nitrogen and oxygen atoms in total. The molecule has 0 bridgehead atoms. The maximum atomic E-state index is 12.4. The van der Waals surface area contributed by atoms with Gasteiger partial charge in [-0.25, -0.2) is 4.79 Å². The normalized spacial score (nSPS) is 16.4. The standard InChI is InChI=1S/C17H24N2O2S2/c1-5-21-16(20)14-12-7-6-11(4)8-13(12)23-15(14)19-17(22)18-9-10(2)3/h11H,2,5-9H2,1,3-4H3,(H2,18,19,22)/t11-/m0/s1. The van der Waals surface area contributed by atoms with Crippen molar-refractivity contribution in [1.82, 2.24) is 5.32 Å². The van der Waals surface area contributed by atoms with Crippen LogP contribution in [0, 0.1) is 5.92 Å². The number of fused-ring (bicyclic) bond motifs is 1. The molecule has 0 fully saturated rings. The fourth-order valence-corrected chi connectivity index (χ4v) is 4.28. The Bertz CT molecular complexity index is 622. The number of esters is 1. The molecule has 1 atom stereocenters. The Balaban J connectivity index is 2.25. The third-order valence-corrected chi connectivity index (χ3v) is 5.19. The predicted octanol–water partition coefficient (Wildman–Crippen LogP) is 3.91. The summed E-state index contributed by atoms with van der Waals surface area (Å²) in [6.45, 7) is 10.8. The van der Waals surface area contributed by atoms with E-state index in [4.69, 9.17) is 17.0 Å². The van der Waals surface area contributed by atoms with E-state index in [1.165, 1.54) is 4.88 Å². The molecule has 2 N–H and O–H groups in total. The number of anilines is 1. The zero-order valence-electron chi connectivity index (χ0n) is 14.0. The molecule has 2 rings (SSSR count). The van der Waals surface area contributed by atoms with E-state index in [0.29, 0.717) is 29.7 Å². The molecular formula is C17H24N2O2S2. The number of carbonyl (C=O) groups excluding carboxylic acids is 1. The van der Waals surface area contributed by atoms with Crippen molar-refractivity contribution in [3.63, 3.8) is 0 Å². The number of carbonyl (C=O) groups is 1. The number of hydrogen-bond acceptors (Lipinski definition) is 4. The second kappa shape index (κ2) is 7.93. The van der Waals surface area contributed by atoms with E-state index in [9.17, 15) is 4.79 Å². The van der Waals surface area contributed by atoms with Crippen molar-refractivity contribution in [3.05, 3.63) is 28.2 Å². The summed E-state index contributed by atoms with van der Waals surface area (Å²) in [4.78, 5) is 13.7. The van der Waals surface area contributed by atoms with Gasteiger partial charge in [0.05, 0.1) is 12.2 Å². The van der Waals surface area contributed by atoms with Gasteiger partial charge in [0.2, 0.25) is 0 Å². The Morgan fingerprint density at radius 3 is 2.91 bits per heavy atom. The molecule has 1 aromatic heterocycles. The van der Waals surface area contributed by atoms with Crippen LogP contribution in [0.2, 0.25) is 0 Å². The second-order valence-corrected chi connectivity index (χ2v) is 7.55. The van der Waals surface area contributed by atoms with Gasteiger partial charge in [-0.05, 0) is 56.8 Å². The van der Waals surface area contributed by atoms with Crippen LogP contribution in [-0.4, -0.2) is 24.2 Å². The molecule has 126 valence electrons. The van der Waals surface area contributed by atoms with Crippen LogP contribution < -0.4 is 10.6 Å². The number of thiocarbonyl (C=S) groups is 1. The zero-order valence-corrected chi connectivity index (χ0v) is 15.6. The number of rotatable bonds is 5. The highest BCUT2D eigenvalue weighted by molar-refractivity contribution is 7.80. The second-order valence-electron chi connectivity index (χ2n) is 6.04. The van der Waals surface area contributed by atoms with Crippen molar-refractivity contribution in [1.29, 1.82) is 0 Å². The van der Waals surface area contributed by atoms with Crippen molar-refractivity contribution in [2.45, 2.75) is 40.0 Å². The Hall–Kier alpha value is -1.40. The van der Waals surface area contributed by atoms with Gasteiger partial charge in [-0.15, -0.1) is 11.3 Å². The molecule has 1 aromatic rings. The fourth-order valence-electron chi connectivity index (χ4n) is 2.64. The van der Waals surface area contributed by atoms with Crippen molar-refractivity contribution < 1.29 is 9.53 Å². The molecule has 1 heterocycles. The van der Waals surface area contributed by atoms with E-state index < -0.39 is 0 Å². The summed E-state index contributed by atoms with van der Waals surface area (Å²) < 4.78 is 5.25. The Labute approximate surface area is 147 Å². The molecule has 6 heteroatoms. The minimum absolute atomic E-state index is 0.259. The van der Waals surface area contributed by atoms with Gasteiger partial charge < -0.3 is 15.4 Å². The first-order chi connectivity index (χ1) is 10.9. The van der Waals surface area contributed by atoms with Crippen LogP contribution in [0.4, 0.5) is 5.00 Å². The van der Waals surface area contributed by atoms with E-state index >= 15 is 0 Å². The van der Waals surface area contributed by atoms with Gasteiger partial charge in [-0.3, -0.25) is 0 Å². The Morgan fingerprint density at radius 1 is 1.52 bits per heavy atom. The monoisotopic (exact) mass is 352 g/mol. The van der Waals surface area contributed by atoms with E-state index in [2.05, 4.69) is 24.1 Å². The van der Waals surface area contributed by atoms with Crippen molar-refractivity contribution in [2.24, 2.45) is 5.92 Å². The van der Waals surface area contributed by atoms with E-state index in [-0.39, 0.29) is 5.97 Å². The summed E-state index contributed by atoms with van der Waals surface area (Å²) in [5, 5.41) is 7.57. The quantitative estimate of drug-likeness (QED) is 0.478. The maximum Gasteiger partial charge on any atom is 0.341 e. The summed E-state index contributed by atoms with van der Waals surface area (Å²) in [5.41, 5.74) is 2.80. The van der Waals surface area contributed by atoms with Gasteiger partial charge in [-0.1, -0.05) is 19.1 Å². The van der Waals surface area contributed by atoms with Gasteiger partial charge in [0.1, 0.15) is 5.00 Å².